The van der Waals surface area contributed by atoms with Gasteiger partial charge in [-0.3, -0.25) is 0 Å². The molecule has 0 radical (unpaired) electrons. The Bertz CT molecular complexity index is 519. The van der Waals surface area contributed by atoms with E-state index in [0.717, 1.165) is 5.56 Å². The Kier molecular flexibility index (Phi) is 3.48. The van der Waals surface area contributed by atoms with Crippen LogP contribution in [0.3, 0.4) is 0 Å². The molecule has 2 aromatic rings. The van der Waals surface area contributed by atoms with Crippen LogP contribution in [0, 0.1) is 19.7 Å². The monoisotopic (exact) mass is 249 g/mol. The molecule has 1 aromatic carbocycles. The number of halogens is 1. The highest BCUT2D eigenvalue weighted by atomic mass is 32.1. The van der Waals surface area contributed by atoms with Crippen LogP contribution >= 0.6 is 11.3 Å². The summed E-state index contributed by atoms with van der Waals surface area (Å²) in [6, 6.07) is 9.56. The first-order valence-corrected chi connectivity index (χ1v) is 6.47. The van der Waals surface area contributed by atoms with Gasteiger partial charge in [0.15, 0.2) is 0 Å². The van der Waals surface area contributed by atoms with E-state index >= 15 is 0 Å². The Morgan fingerprint density at radius 1 is 1.18 bits per heavy atom. The maximum atomic E-state index is 13.7. The van der Waals surface area contributed by atoms with E-state index in [1.807, 2.05) is 19.9 Å². The molecule has 1 atom stereocenters. The van der Waals surface area contributed by atoms with Gasteiger partial charge < -0.3 is 5.32 Å². The number of aryl methyl sites for hydroxylation is 2. The summed E-state index contributed by atoms with van der Waals surface area (Å²) in [5, 5.41) is 3.20. The van der Waals surface area contributed by atoms with Gasteiger partial charge in [0.2, 0.25) is 0 Å². The van der Waals surface area contributed by atoms with Crippen LogP contribution in [0.5, 0.6) is 0 Å². The van der Waals surface area contributed by atoms with Crippen molar-refractivity contribution < 1.29 is 4.39 Å². The van der Waals surface area contributed by atoms with Gasteiger partial charge in [-0.25, -0.2) is 4.39 Å². The van der Waals surface area contributed by atoms with Gasteiger partial charge in [-0.15, -0.1) is 11.3 Å². The number of hydrogen-bond donors (Lipinski definition) is 1. The van der Waals surface area contributed by atoms with Gasteiger partial charge in [0.1, 0.15) is 5.82 Å². The van der Waals surface area contributed by atoms with E-state index in [1.54, 1.807) is 23.5 Å². The van der Waals surface area contributed by atoms with Crippen molar-refractivity contribution in [3.63, 3.8) is 0 Å². The molecule has 90 valence electrons. The van der Waals surface area contributed by atoms with Crippen molar-refractivity contribution in [2.24, 2.45) is 0 Å². The van der Waals surface area contributed by atoms with E-state index in [0.29, 0.717) is 5.69 Å². The van der Waals surface area contributed by atoms with E-state index in [1.165, 1.54) is 9.75 Å². The summed E-state index contributed by atoms with van der Waals surface area (Å²) in [4.78, 5) is 2.50. The molecule has 2 rings (SSSR count). The van der Waals surface area contributed by atoms with Crippen molar-refractivity contribution >= 4 is 17.0 Å². The van der Waals surface area contributed by atoms with Crippen LogP contribution in [0.2, 0.25) is 0 Å². The molecule has 0 amide bonds. The van der Waals surface area contributed by atoms with Crippen molar-refractivity contribution in [1.29, 1.82) is 0 Å². The molecular formula is C14H16FNS. The van der Waals surface area contributed by atoms with E-state index < -0.39 is 0 Å². The quantitative estimate of drug-likeness (QED) is 0.833. The summed E-state index contributed by atoms with van der Waals surface area (Å²) < 4.78 is 13.7. The minimum Gasteiger partial charge on any atom is -0.375 e. The van der Waals surface area contributed by atoms with Crippen LogP contribution in [-0.2, 0) is 0 Å². The van der Waals surface area contributed by atoms with E-state index in [9.17, 15) is 4.39 Å². The minimum absolute atomic E-state index is 0.130. The zero-order chi connectivity index (χ0) is 12.4. The first kappa shape index (κ1) is 12.1. The third kappa shape index (κ3) is 2.86. The lowest BCUT2D eigenvalue weighted by molar-refractivity contribution is 0.626. The summed E-state index contributed by atoms with van der Waals surface area (Å²) in [7, 11) is 0. The predicted molar refractivity (Wildman–Crippen MR) is 72.2 cm³/mol. The van der Waals surface area contributed by atoms with Crippen molar-refractivity contribution in [1.82, 2.24) is 0 Å². The normalized spacial score (nSPS) is 12.5. The fourth-order valence-electron chi connectivity index (χ4n) is 1.73. The molecule has 0 aliphatic rings. The van der Waals surface area contributed by atoms with Crippen LogP contribution in [0.25, 0.3) is 0 Å². The molecule has 0 aliphatic carbocycles. The highest BCUT2D eigenvalue weighted by Gasteiger charge is 2.10. The van der Waals surface area contributed by atoms with Crippen LogP contribution in [0.15, 0.2) is 30.3 Å². The summed E-state index contributed by atoms with van der Waals surface area (Å²) in [6.07, 6.45) is 0. The van der Waals surface area contributed by atoms with Crippen molar-refractivity contribution in [2.75, 3.05) is 5.32 Å². The molecule has 0 fully saturated rings. The first-order valence-electron chi connectivity index (χ1n) is 5.65. The van der Waals surface area contributed by atoms with Gasteiger partial charge in [0, 0.05) is 9.75 Å². The second kappa shape index (κ2) is 4.88. The molecule has 1 aromatic heterocycles. The molecule has 1 N–H and O–H groups in total. The second-order valence-electron chi connectivity index (χ2n) is 4.30. The molecule has 3 heteroatoms. The Balaban J connectivity index is 2.15. The average molecular weight is 249 g/mol. The third-order valence-corrected chi connectivity index (χ3v) is 3.87. The third-order valence-electron chi connectivity index (χ3n) is 2.68. The standard InChI is InChI=1S/C14H16FNS/c1-9-4-6-13(12(15)8-9)16-11(3)14-7-5-10(2)17-14/h4-8,11,16H,1-3H3. The van der Waals surface area contributed by atoms with Gasteiger partial charge in [0.05, 0.1) is 11.7 Å². The Hall–Kier alpha value is -1.35. The van der Waals surface area contributed by atoms with Gasteiger partial charge in [0.25, 0.3) is 0 Å². The lowest BCUT2D eigenvalue weighted by Crippen LogP contribution is -2.06. The van der Waals surface area contributed by atoms with Gasteiger partial charge in [-0.1, -0.05) is 6.07 Å². The first-order chi connectivity index (χ1) is 8.06. The van der Waals surface area contributed by atoms with Gasteiger partial charge in [-0.05, 0) is 50.6 Å². The molecule has 1 heterocycles. The number of thiophene rings is 1. The van der Waals surface area contributed by atoms with Gasteiger partial charge >= 0.3 is 0 Å². The molecule has 0 saturated heterocycles. The fraction of sp³-hybridized carbons (Fsp3) is 0.286. The molecule has 0 bridgehead atoms. The molecule has 0 aliphatic heterocycles. The Morgan fingerprint density at radius 3 is 2.53 bits per heavy atom. The van der Waals surface area contributed by atoms with Gasteiger partial charge in [-0.2, -0.15) is 0 Å². The average Bonchev–Trinajstić information content (AvgIpc) is 2.69. The highest BCUT2D eigenvalue weighted by molar-refractivity contribution is 7.12. The molecule has 0 saturated carbocycles. The number of benzene rings is 1. The number of anilines is 1. The maximum absolute atomic E-state index is 13.7. The molecule has 1 unspecified atom stereocenters. The molecular weight excluding hydrogens is 233 g/mol. The van der Waals surface area contributed by atoms with Crippen LogP contribution in [-0.4, -0.2) is 0 Å². The lowest BCUT2D eigenvalue weighted by Gasteiger charge is -2.14. The molecule has 17 heavy (non-hydrogen) atoms. The van der Waals surface area contributed by atoms with Crippen LogP contribution in [0.4, 0.5) is 10.1 Å². The lowest BCUT2D eigenvalue weighted by atomic mass is 10.2. The van der Waals surface area contributed by atoms with E-state index in [2.05, 4.69) is 24.4 Å². The minimum atomic E-state index is -0.190. The summed E-state index contributed by atoms with van der Waals surface area (Å²) in [5.74, 6) is -0.190. The zero-order valence-corrected chi connectivity index (χ0v) is 11.1. The molecule has 0 spiro atoms. The topological polar surface area (TPSA) is 12.0 Å². The van der Waals surface area contributed by atoms with Crippen molar-refractivity contribution in [3.05, 3.63) is 51.5 Å². The fourth-order valence-corrected chi connectivity index (χ4v) is 2.61. The van der Waals surface area contributed by atoms with Crippen molar-refractivity contribution in [3.8, 4) is 0 Å². The highest BCUT2D eigenvalue weighted by Crippen LogP contribution is 2.27. The van der Waals surface area contributed by atoms with E-state index in [-0.39, 0.29) is 11.9 Å². The maximum Gasteiger partial charge on any atom is 0.146 e. The Labute approximate surface area is 105 Å². The zero-order valence-electron chi connectivity index (χ0n) is 10.3. The predicted octanol–water partition coefficient (Wildman–Crippen LogP) is 4.68. The van der Waals surface area contributed by atoms with E-state index in [4.69, 9.17) is 0 Å². The summed E-state index contributed by atoms with van der Waals surface area (Å²) in [5.41, 5.74) is 1.50. The SMILES string of the molecule is Cc1ccc(NC(C)c2ccc(C)s2)c(F)c1. The second-order valence-corrected chi connectivity index (χ2v) is 5.62. The van der Waals surface area contributed by atoms with Crippen molar-refractivity contribution in [2.45, 2.75) is 26.8 Å². The van der Waals surface area contributed by atoms with Crippen LogP contribution < -0.4 is 5.32 Å². The largest absolute Gasteiger partial charge is 0.375 e. The summed E-state index contributed by atoms with van der Waals surface area (Å²) in [6.45, 7) is 6.01. The molecule has 1 nitrogen and oxygen atoms in total. The number of rotatable bonds is 3. The number of hydrogen-bond acceptors (Lipinski definition) is 2. The summed E-state index contributed by atoms with van der Waals surface area (Å²) >= 11 is 1.74. The Morgan fingerprint density at radius 2 is 1.94 bits per heavy atom. The van der Waals surface area contributed by atoms with Crippen LogP contribution in [0.1, 0.15) is 28.3 Å². The number of nitrogens with one attached hydrogen (secondary N) is 1. The smallest absolute Gasteiger partial charge is 0.146 e.